The highest BCUT2D eigenvalue weighted by Crippen LogP contribution is 2.41. The van der Waals surface area contributed by atoms with Crippen molar-refractivity contribution in [2.24, 2.45) is 5.92 Å². The molecule has 2 unspecified atom stereocenters. The smallest absolute Gasteiger partial charge is 0.0813 e. The van der Waals surface area contributed by atoms with E-state index in [0.717, 1.165) is 24.0 Å². The van der Waals surface area contributed by atoms with E-state index in [1.165, 1.54) is 18.5 Å². The van der Waals surface area contributed by atoms with E-state index < -0.39 is 0 Å². The first-order valence-electron chi connectivity index (χ1n) is 7.22. The fourth-order valence-corrected chi connectivity index (χ4v) is 3.19. The van der Waals surface area contributed by atoms with Crippen LogP contribution in [0, 0.1) is 5.92 Å². The van der Waals surface area contributed by atoms with Crippen molar-refractivity contribution < 1.29 is 4.74 Å². The van der Waals surface area contributed by atoms with Crippen molar-refractivity contribution in [2.45, 2.75) is 51.8 Å². The van der Waals surface area contributed by atoms with Crippen LogP contribution in [0.25, 0.3) is 0 Å². The minimum atomic E-state index is 0.205. The minimum Gasteiger partial charge on any atom is -0.376 e. The fourth-order valence-electron chi connectivity index (χ4n) is 2.65. The van der Waals surface area contributed by atoms with Crippen LogP contribution in [-0.2, 0) is 11.3 Å². The molecule has 0 aliphatic heterocycles. The summed E-state index contributed by atoms with van der Waals surface area (Å²) >= 11 is 3.64. The second-order valence-electron chi connectivity index (χ2n) is 5.12. The van der Waals surface area contributed by atoms with Gasteiger partial charge in [-0.15, -0.1) is 0 Å². The van der Waals surface area contributed by atoms with Crippen LogP contribution in [0.4, 0.5) is 0 Å². The Labute approximate surface area is 124 Å². The Bertz CT molecular complexity index is 403. The summed E-state index contributed by atoms with van der Waals surface area (Å²) in [5.41, 5.74) is 1.22. The zero-order chi connectivity index (χ0) is 13.8. The van der Waals surface area contributed by atoms with Crippen LogP contribution in [0.5, 0.6) is 0 Å². The van der Waals surface area contributed by atoms with Gasteiger partial charge in [-0.1, -0.05) is 6.92 Å². The summed E-state index contributed by atoms with van der Waals surface area (Å²) in [5, 5.41) is 7.91. The highest BCUT2D eigenvalue weighted by molar-refractivity contribution is 9.10. The van der Waals surface area contributed by atoms with Gasteiger partial charge in [0, 0.05) is 13.2 Å². The van der Waals surface area contributed by atoms with Crippen LogP contribution in [0.1, 0.15) is 44.8 Å². The molecule has 1 fully saturated rings. The molecule has 1 heterocycles. The van der Waals surface area contributed by atoms with Gasteiger partial charge in [0.25, 0.3) is 0 Å². The van der Waals surface area contributed by atoms with Crippen molar-refractivity contribution in [1.82, 2.24) is 15.1 Å². The summed E-state index contributed by atoms with van der Waals surface area (Å²) in [7, 11) is 2.01. The molecule has 4 nitrogen and oxygen atoms in total. The van der Waals surface area contributed by atoms with Crippen molar-refractivity contribution in [3.05, 3.63) is 16.4 Å². The standard InChI is InChI=1S/C14H24BrN3O/c1-4-8-18-13(11(15)9-17-18)12(16-3)14(19-5-2)10-6-7-10/h9-10,12,14,16H,4-8H2,1-3H3. The quantitative estimate of drug-likeness (QED) is 0.796. The lowest BCUT2D eigenvalue weighted by Crippen LogP contribution is -2.35. The maximum Gasteiger partial charge on any atom is 0.0813 e. The third-order valence-electron chi connectivity index (χ3n) is 3.65. The zero-order valence-electron chi connectivity index (χ0n) is 12.0. The molecule has 2 atom stereocenters. The van der Waals surface area contributed by atoms with E-state index >= 15 is 0 Å². The van der Waals surface area contributed by atoms with Crippen molar-refractivity contribution in [3.63, 3.8) is 0 Å². The lowest BCUT2D eigenvalue weighted by Gasteiger charge is -2.28. The van der Waals surface area contributed by atoms with Gasteiger partial charge in [-0.2, -0.15) is 5.10 Å². The summed E-state index contributed by atoms with van der Waals surface area (Å²) in [6.07, 6.45) is 5.79. The van der Waals surface area contributed by atoms with Crippen molar-refractivity contribution in [1.29, 1.82) is 0 Å². The van der Waals surface area contributed by atoms with Crippen molar-refractivity contribution in [3.8, 4) is 0 Å². The molecule has 1 aromatic heterocycles. The average Bonchev–Trinajstić information content (AvgIpc) is 3.18. The van der Waals surface area contributed by atoms with E-state index in [0.29, 0.717) is 5.92 Å². The number of nitrogens with one attached hydrogen (secondary N) is 1. The van der Waals surface area contributed by atoms with Gasteiger partial charge >= 0.3 is 0 Å². The van der Waals surface area contributed by atoms with Gasteiger partial charge in [0.2, 0.25) is 0 Å². The number of ether oxygens (including phenoxy) is 1. The molecule has 2 rings (SSSR count). The molecule has 0 spiro atoms. The largest absolute Gasteiger partial charge is 0.376 e. The summed E-state index contributed by atoms with van der Waals surface area (Å²) in [6, 6.07) is 0.205. The van der Waals surface area contributed by atoms with Gasteiger partial charge in [-0.05, 0) is 55.1 Å². The summed E-state index contributed by atoms with van der Waals surface area (Å²) in [5.74, 6) is 0.689. The van der Waals surface area contributed by atoms with E-state index in [-0.39, 0.29) is 12.1 Å². The number of likely N-dealkylation sites (N-methyl/N-ethyl adjacent to an activating group) is 1. The summed E-state index contributed by atoms with van der Waals surface area (Å²) < 4.78 is 9.18. The molecule has 1 aromatic rings. The molecule has 108 valence electrons. The van der Waals surface area contributed by atoms with E-state index in [4.69, 9.17) is 4.74 Å². The Morgan fingerprint density at radius 1 is 1.53 bits per heavy atom. The zero-order valence-corrected chi connectivity index (χ0v) is 13.6. The SMILES string of the molecule is CCCn1ncc(Br)c1C(NC)C(OCC)C1CC1. The predicted molar refractivity (Wildman–Crippen MR) is 80.2 cm³/mol. The fraction of sp³-hybridized carbons (Fsp3) is 0.786. The molecule has 1 saturated carbocycles. The highest BCUT2D eigenvalue weighted by atomic mass is 79.9. The molecule has 0 bridgehead atoms. The van der Waals surface area contributed by atoms with Crippen LogP contribution in [-0.4, -0.2) is 29.5 Å². The van der Waals surface area contributed by atoms with E-state index in [1.54, 1.807) is 0 Å². The molecule has 19 heavy (non-hydrogen) atoms. The second-order valence-corrected chi connectivity index (χ2v) is 5.98. The van der Waals surface area contributed by atoms with E-state index in [1.807, 2.05) is 13.2 Å². The molecule has 1 aliphatic rings. The van der Waals surface area contributed by atoms with Crippen molar-refractivity contribution in [2.75, 3.05) is 13.7 Å². The number of hydrogen-bond acceptors (Lipinski definition) is 3. The van der Waals surface area contributed by atoms with Gasteiger partial charge in [0.1, 0.15) is 0 Å². The Hall–Kier alpha value is -0.390. The van der Waals surface area contributed by atoms with Crippen LogP contribution in [0.2, 0.25) is 0 Å². The Morgan fingerprint density at radius 3 is 2.79 bits per heavy atom. The molecule has 0 amide bonds. The van der Waals surface area contributed by atoms with Gasteiger partial charge in [0.15, 0.2) is 0 Å². The van der Waals surface area contributed by atoms with Gasteiger partial charge in [-0.25, -0.2) is 0 Å². The third-order valence-corrected chi connectivity index (χ3v) is 4.26. The number of nitrogens with zero attached hydrogens (tertiary/aromatic N) is 2. The van der Waals surface area contributed by atoms with Gasteiger partial charge in [-0.3, -0.25) is 4.68 Å². The average molecular weight is 330 g/mol. The third kappa shape index (κ3) is 3.38. The first kappa shape index (κ1) is 15.0. The number of rotatable bonds is 8. The van der Waals surface area contributed by atoms with Gasteiger partial charge < -0.3 is 10.1 Å². The van der Waals surface area contributed by atoms with Gasteiger partial charge in [0.05, 0.1) is 28.5 Å². The number of hydrogen-bond donors (Lipinski definition) is 1. The minimum absolute atomic E-state index is 0.205. The molecule has 1 aliphatic carbocycles. The Morgan fingerprint density at radius 2 is 2.26 bits per heavy atom. The van der Waals surface area contributed by atoms with Crippen molar-refractivity contribution >= 4 is 15.9 Å². The molecular weight excluding hydrogens is 306 g/mol. The van der Waals surface area contributed by atoms with Crippen LogP contribution >= 0.6 is 15.9 Å². The number of halogens is 1. The highest BCUT2D eigenvalue weighted by Gasteiger charge is 2.39. The normalized spacial score (nSPS) is 18.5. The number of aryl methyl sites for hydroxylation is 1. The molecule has 5 heteroatoms. The van der Waals surface area contributed by atoms with Crippen LogP contribution < -0.4 is 5.32 Å². The first-order valence-corrected chi connectivity index (χ1v) is 8.02. The molecule has 1 N–H and O–H groups in total. The van der Waals surface area contributed by atoms with E-state index in [2.05, 4.69) is 44.9 Å². The molecule has 0 radical (unpaired) electrons. The second kappa shape index (κ2) is 6.86. The maximum absolute atomic E-state index is 6.01. The maximum atomic E-state index is 6.01. The van der Waals surface area contributed by atoms with E-state index in [9.17, 15) is 0 Å². The van der Waals surface area contributed by atoms with Crippen LogP contribution in [0.3, 0.4) is 0 Å². The summed E-state index contributed by atoms with van der Waals surface area (Å²) in [6.45, 7) is 5.96. The molecule has 0 aromatic carbocycles. The number of aromatic nitrogens is 2. The lowest BCUT2D eigenvalue weighted by atomic mass is 10.0. The van der Waals surface area contributed by atoms with Crippen LogP contribution in [0.15, 0.2) is 10.7 Å². The summed E-state index contributed by atoms with van der Waals surface area (Å²) in [4.78, 5) is 0. The molecular formula is C14H24BrN3O. The molecule has 0 saturated heterocycles. The topological polar surface area (TPSA) is 39.1 Å². The predicted octanol–water partition coefficient (Wildman–Crippen LogP) is 3.13. The first-order chi connectivity index (χ1) is 9.22. The lowest BCUT2D eigenvalue weighted by molar-refractivity contribution is 0.0181. The Kier molecular flexibility index (Phi) is 5.42. The monoisotopic (exact) mass is 329 g/mol. The Balaban J connectivity index is 2.26.